The van der Waals surface area contributed by atoms with E-state index in [-0.39, 0.29) is 16.9 Å². The summed E-state index contributed by atoms with van der Waals surface area (Å²) in [6.45, 7) is 0.207. The third-order valence-corrected chi connectivity index (χ3v) is 6.37. The first-order valence-electron chi connectivity index (χ1n) is 10.4. The molecular formula is C23H19BrF3N5O. The zero-order chi connectivity index (χ0) is 23.2. The molecule has 6 nitrogen and oxygen atoms in total. The van der Waals surface area contributed by atoms with E-state index in [0.29, 0.717) is 17.9 Å². The van der Waals surface area contributed by atoms with Crippen LogP contribution in [-0.4, -0.2) is 25.5 Å². The van der Waals surface area contributed by atoms with Crippen molar-refractivity contribution >= 4 is 38.3 Å². The van der Waals surface area contributed by atoms with Crippen LogP contribution >= 0.6 is 15.9 Å². The van der Waals surface area contributed by atoms with E-state index in [4.69, 9.17) is 0 Å². The lowest BCUT2D eigenvalue weighted by Crippen LogP contribution is -2.21. The summed E-state index contributed by atoms with van der Waals surface area (Å²) in [7, 11) is 0. The van der Waals surface area contributed by atoms with Gasteiger partial charge in [0.2, 0.25) is 5.91 Å². The fraction of sp³-hybridized carbons (Fsp3) is 0.261. The highest BCUT2D eigenvalue weighted by Gasteiger charge is 2.42. The predicted octanol–water partition coefficient (Wildman–Crippen LogP) is 5.58. The number of nitrogens with zero attached hydrogens (tertiary/aromatic N) is 4. The van der Waals surface area contributed by atoms with Crippen LogP contribution in [0.15, 0.2) is 59.3 Å². The molecule has 10 heteroatoms. The van der Waals surface area contributed by atoms with Gasteiger partial charge in [-0.05, 0) is 45.1 Å². The molecule has 1 aliphatic carbocycles. The van der Waals surface area contributed by atoms with E-state index in [9.17, 15) is 18.0 Å². The van der Waals surface area contributed by atoms with E-state index in [1.807, 2.05) is 42.5 Å². The lowest BCUT2D eigenvalue weighted by molar-refractivity contribution is -0.142. The predicted molar refractivity (Wildman–Crippen MR) is 121 cm³/mol. The van der Waals surface area contributed by atoms with Gasteiger partial charge in [-0.2, -0.15) is 23.4 Å². The number of hydrogen-bond donors (Lipinski definition) is 1. The van der Waals surface area contributed by atoms with Crippen molar-refractivity contribution in [1.82, 2.24) is 19.6 Å². The minimum Gasteiger partial charge on any atom is -0.322 e. The summed E-state index contributed by atoms with van der Waals surface area (Å²) < 4.78 is 42.6. The highest BCUT2D eigenvalue weighted by Crippen LogP contribution is 2.46. The molecule has 2 aromatic heterocycles. The number of fused-ring (bicyclic) bond motifs is 1. The molecule has 1 N–H and O–H groups in total. The molecule has 5 rings (SSSR count). The monoisotopic (exact) mass is 517 g/mol. The SMILES string of the molecule is O=C(Cn1nc(C(F)(F)F)c(Br)c1C1CC1)Nc1cnn(Cc2cccc3ccccc23)c1. The first-order valence-corrected chi connectivity index (χ1v) is 11.2. The maximum atomic E-state index is 13.3. The normalized spacial score (nSPS) is 14.1. The maximum absolute atomic E-state index is 13.3. The summed E-state index contributed by atoms with van der Waals surface area (Å²) in [6, 6.07) is 14.1. The van der Waals surface area contributed by atoms with E-state index in [0.717, 1.165) is 33.9 Å². The maximum Gasteiger partial charge on any atom is 0.436 e. The standard InChI is InChI=1S/C23H19BrF3N5O/c24-20-21(15-8-9-15)32(30-22(20)23(25,26)27)13-19(33)29-17-10-28-31(12-17)11-16-6-3-5-14-4-1-2-7-18(14)16/h1-7,10,12,15H,8-9,11,13H2,(H,29,33). The third-order valence-electron chi connectivity index (χ3n) is 5.59. The summed E-state index contributed by atoms with van der Waals surface area (Å²) in [5.41, 5.74) is 0.976. The molecule has 2 heterocycles. The van der Waals surface area contributed by atoms with E-state index in [2.05, 4.69) is 31.4 Å². The molecule has 1 fully saturated rings. The number of aromatic nitrogens is 4. The number of hydrogen-bond acceptors (Lipinski definition) is 3. The van der Waals surface area contributed by atoms with Gasteiger partial charge in [-0.25, -0.2) is 0 Å². The van der Waals surface area contributed by atoms with Gasteiger partial charge in [0.15, 0.2) is 5.69 Å². The van der Waals surface area contributed by atoms with Crippen molar-refractivity contribution in [3.8, 4) is 0 Å². The summed E-state index contributed by atoms with van der Waals surface area (Å²) in [5, 5.41) is 12.9. The van der Waals surface area contributed by atoms with E-state index in [1.165, 1.54) is 6.20 Å². The van der Waals surface area contributed by atoms with Gasteiger partial charge in [0.25, 0.3) is 0 Å². The molecular weight excluding hydrogens is 499 g/mol. The van der Waals surface area contributed by atoms with Crippen LogP contribution in [0, 0.1) is 0 Å². The number of halogens is 4. The Bertz CT molecular complexity index is 1330. The summed E-state index contributed by atoms with van der Waals surface area (Å²) >= 11 is 3.04. The van der Waals surface area contributed by atoms with Gasteiger partial charge in [0.05, 0.1) is 28.6 Å². The van der Waals surface area contributed by atoms with Crippen molar-refractivity contribution < 1.29 is 18.0 Å². The van der Waals surface area contributed by atoms with E-state index in [1.54, 1.807) is 10.9 Å². The molecule has 0 atom stereocenters. The highest BCUT2D eigenvalue weighted by molar-refractivity contribution is 9.10. The number of alkyl halides is 3. The van der Waals surface area contributed by atoms with Crippen LogP contribution in [0.4, 0.5) is 18.9 Å². The Labute approximate surface area is 195 Å². The van der Waals surface area contributed by atoms with Crippen molar-refractivity contribution in [2.24, 2.45) is 0 Å². The number of carbonyl (C=O) groups excluding carboxylic acids is 1. The van der Waals surface area contributed by atoms with Crippen molar-refractivity contribution in [2.75, 3.05) is 5.32 Å². The Morgan fingerprint density at radius 2 is 1.91 bits per heavy atom. The molecule has 4 aromatic rings. The van der Waals surface area contributed by atoms with Crippen LogP contribution in [0.3, 0.4) is 0 Å². The number of nitrogens with one attached hydrogen (secondary N) is 1. The molecule has 0 saturated heterocycles. The average Bonchev–Trinajstić information content (AvgIpc) is 3.41. The van der Waals surface area contributed by atoms with Crippen LogP contribution in [0.5, 0.6) is 0 Å². The second-order valence-electron chi connectivity index (χ2n) is 8.09. The van der Waals surface area contributed by atoms with Crippen molar-refractivity contribution in [1.29, 1.82) is 0 Å². The molecule has 0 bridgehead atoms. The number of benzene rings is 2. The van der Waals surface area contributed by atoms with Crippen molar-refractivity contribution in [3.63, 3.8) is 0 Å². The fourth-order valence-electron chi connectivity index (χ4n) is 3.96. The lowest BCUT2D eigenvalue weighted by atomic mass is 10.0. The number of rotatable bonds is 6. The Morgan fingerprint density at radius 3 is 2.67 bits per heavy atom. The number of anilines is 1. The van der Waals surface area contributed by atoms with Gasteiger partial charge >= 0.3 is 6.18 Å². The Kier molecular flexibility index (Phi) is 5.48. The number of amides is 1. The zero-order valence-corrected chi connectivity index (χ0v) is 18.9. The van der Waals surface area contributed by atoms with Gasteiger partial charge in [0, 0.05) is 12.1 Å². The van der Waals surface area contributed by atoms with Crippen LogP contribution in [0.25, 0.3) is 10.8 Å². The second kappa shape index (κ2) is 8.33. The molecule has 1 saturated carbocycles. The molecule has 1 aliphatic rings. The molecule has 0 aliphatic heterocycles. The van der Waals surface area contributed by atoms with Crippen LogP contribution in [-0.2, 0) is 24.1 Å². The largest absolute Gasteiger partial charge is 0.436 e. The van der Waals surface area contributed by atoms with Crippen LogP contribution in [0.1, 0.15) is 35.7 Å². The molecule has 0 spiro atoms. The smallest absolute Gasteiger partial charge is 0.322 e. The van der Waals surface area contributed by atoms with Crippen LogP contribution < -0.4 is 5.32 Å². The lowest BCUT2D eigenvalue weighted by Gasteiger charge is -2.08. The Balaban J connectivity index is 1.30. The highest BCUT2D eigenvalue weighted by atomic mass is 79.9. The van der Waals surface area contributed by atoms with Gasteiger partial charge in [-0.1, -0.05) is 42.5 Å². The average molecular weight is 518 g/mol. The van der Waals surface area contributed by atoms with Crippen molar-refractivity contribution in [2.45, 2.75) is 38.0 Å². The quantitative estimate of drug-likeness (QED) is 0.363. The number of carbonyl (C=O) groups is 1. The first kappa shape index (κ1) is 21.7. The molecule has 170 valence electrons. The summed E-state index contributed by atoms with van der Waals surface area (Å²) in [5.74, 6) is -0.482. The Hall–Kier alpha value is -3.14. The zero-order valence-electron chi connectivity index (χ0n) is 17.3. The summed E-state index contributed by atoms with van der Waals surface area (Å²) in [6.07, 6.45) is 0.188. The minimum absolute atomic E-state index is 0.0146. The fourth-order valence-corrected chi connectivity index (χ4v) is 4.79. The van der Waals surface area contributed by atoms with Gasteiger partial charge in [-0.15, -0.1) is 0 Å². The van der Waals surface area contributed by atoms with Crippen molar-refractivity contribution in [3.05, 3.63) is 76.3 Å². The topological polar surface area (TPSA) is 64.7 Å². The second-order valence-corrected chi connectivity index (χ2v) is 8.88. The minimum atomic E-state index is -4.59. The molecule has 0 unspecified atom stereocenters. The van der Waals surface area contributed by atoms with E-state index < -0.39 is 17.8 Å². The van der Waals surface area contributed by atoms with E-state index >= 15 is 0 Å². The Morgan fingerprint density at radius 1 is 1.15 bits per heavy atom. The molecule has 2 aromatic carbocycles. The van der Waals surface area contributed by atoms with Gasteiger partial charge in [0.1, 0.15) is 6.54 Å². The van der Waals surface area contributed by atoms with Crippen LogP contribution in [0.2, 0.25) is 0 Å². The molecule has 0 radical (unpaired) electrons. The van der Waals surface area contributed by atoms with Gasteiger partial charge < -0.3 is 5.32 Å². The molecule has 1 amide bonds. The molecule has 33 heavy (non-hydrogen) atoms. The third kappa shape index (κ3) is 4.52. The van der Waals surface area contributed by atoms with Gasteiger partial charge in [-0.3, -0.25) is 14.2 Å². The first-order chi connectivity index (χ1) is 15.8. The summed E-state index contributed by atoms with van der Waals surface area (Å²) in [4.78, 5) is 12.6.